The van der Waals surface area contributed by atoms with Crippen molar-refractivity contribution in [3.8, 4) is 11.6 Å². The van der Waals surface area contributed by atoms with Crippen LogP contribution in [0.3, 0.4) is 0 Å². The molecule has 2 aromatic heterocycles. The van der Waals surface area contributed by atoms with Gasteiger partial charge in [0.2, 0.25) is 5.91 Å². The first kappa shape index (κ1) is 23.0. The van der Waals surface area contributed by atoms with Crippen LogP contribution in [0.25, 0.3) is 16.7 Å². The van der Waals surface area contributed by atoms with Gasteiger partial charge in [-0.2, -0.15) is 9.78 Å². The fraction of sp³-hybridized carbons (Fsp3) is 0.231. The zero-order chi connectivity index (χ0) is 23.9. The molecule has 1 N–H and O–H groups in total. The monoisotopic (exact) mass is 458 g/mol. The first-order valence-electron chi connectivity index (χ1n) is 11.2. The van der Waals surface area contributed by atoms with Gasteiger partial charge in [0, 0.05) is 5.39 Å². The minimum atomic E-state index is -0.572. The number of nitrogens with one attached hydrogen (secondary N) is 1. The minimum absolute atomic E-state index is 0.0914. The van der Waals surface area contributed by atoms with E-state index in [0.29, 0.717) is 11.6 Å². The van der Waals surface area contributed by atoms with E-state index in [-0.39, 0.29) is 36.9 Å². The van der Waals surface area contributed by atoms with Crippen LogP contribution in [-0.2, 0) is 16.0 Å². The summed E-state index contributed by atoms with van der Waals surface area (Å²) >= 11 is 0. The van der Waals surface area contributed by atoms with Crippen molar-refractivity contribution < 1.29 is 19.1 Å². The average molecular weight is 459 g/mol. The van der Waals surface area contributed by atoms with Crippen molar-refractivity contribution in [2.24, 2.45) is 0 Å². The second kappa shape index (κ2) is 10.6. The third-order valence-corrected chi connectivity index (χ3v) is 5.25. The van der Waals surface area contributed by atoms with Gasteiger partial charge in [-0.1, -0.05) is 37.3 Å². The van der Waals surface area contributed by atoms with E-state index in [1.54, 1.807) is 13.0 Å². The maximum absolute atomic E-state index is 12.7. The molecular formula is C26H26N4O4. The van der Waals surface area contributed by atoms with Gasteiger partial charge in [-0.15, -0.1) is 0 Å². The van der Waals surface area contributed by atoms with Crippen molar-refractivity contribution in [1.29, 1.82) is 0 Å². The lowest BCUT2D eigenvalue weighted by atomic mass is 10.2. The van der Waals surface area contributed by atoms with Crippen molar-refractivity contribution in [1.82, 2.24) is 14.8 Å². The molecule has 2 heterocycles. The van der Waals surface area contributed by atoms with E-state index in [9.17, 15) is 9.59 Å². The number of esters is 1. The average Bonchev–Trinajstić information content (AvgIpc) is 3.27. The van der Waals surface area contributed by atoms with Crippen molar-refractivity contribution in [3.63, 3.8) is 0 Å². The molecule has 0 saturated carbocycles. The van der Waals surface area contributed by atoms with Crippen LogP contribution in [0.15, 0.2) is 66.9 Å². The number of ether oxygens (including phenoxy) is 2. The summed E-state index contributed by atoms with van der Waals surface area (Å²) in [6.45, 7) is 4.20. The number of para-hydroxylation sites is 1. The molecular weight excluding hydrogens is 432 g/mol. The highest BCUT2D eigenvalue weighted by molar-refractivity contribution is 6.00. The number of fused-ring (bicyclic) bond motifs is 1. The van der Waals surface area contributed by atoms with Crippen LogP contribution in [0, 0.1) is 0 Å². The van der Waals surface area contributed by atoms with Crippen LogP contribution in [0.4, 0.5) is 5.82 Å². The molecule has 174 valence electrons. The number of carbonyl (C=O) groups excluding carboxylic acids is 2. The second-order valence-electron chi connectivity index (χ2n) is 7.55. The molecule has 34 heavy (non-hydrogen) atoms. The van der Waals surface area contributed by atoms with Gasteiger partial charge in [-0.05, 0) is 49.2 Å². The zero-order valence-corrected chi connectivity index (χ0v) is 19.2. The van der Waals surface area contributed by atoms with Gasteiger partial charge in [0.05, 0.1) is 31.3 Å². The van der Waals surface area contributed by atoms with Crippen LogP contribution in [-0.4, -0.2) is 39.9 Å². The second-order valence-corrected chi connectivity index (χ2v) is 7.55. The van der Waals surface area contributed by atoms with E-state index in [1.165, 1.54) is 16.4 Å². The quantitative estimate of drug-likeness (QED) is 0.369. The molecule has 0 spiro atoms. The summed E-state index contributed by atoms with van der Waals surface area (Å²) in [5.41, 5.74) is 2.14. The van der Waals surface area contributed by atoms with Crippen molar-refractivity contribution in [2.45, 2.75) is 26.7 Å². The molecule has 0 fully saturated rings. The first-order chi connectivity index (χ1) is 16.6. The SMILES string of the molecule is CCOC(=O)c1cnn(-c2ccc3ccccc3n2)c1NC(=O)CCOc1ccc(CC)cc1. The van der Waals surface area contributed by atoms with Gasteiger partial charge in [0.1, 0.15) is 11.3 Å². The van der Waals surface area contributed by atoms with Gasteiger partial charge in [-0.25, -0.2) is 9.78 Å². The lowest BCUT2D eigenvalue weighted by molar-refractivity contribution is -0.116. The summed E-state index contributed by atoms with van der Waals surface area (Å²) < 4.78 is 12.3. The van der Waals surface area contributed by atoms with Gasteiger partial charge in [-0.3, -0.25) is 4.79 Å². The Balaban J connectivity index is 1.52. The molecule has 0 saturated heterocycles. The number of hydrogen-bond acceptors (Lipinski definition) is 6. The van der Waals surface area contributed by atoms with Crippen LogP contribution < -0.4 is 10.1 Å². The number of amides is 1. The fourth-order valence-electron chi connectivity index (χ4n) is 3.45. The van der Waals surface area contributed by atoms with Crippen molar-refractivity contribution in [3.05, 3.63) is 78.0 Å². The largest absolute Gasteiger partial charge is 0.493 e. The maximum Gasteiger partial charge on any atom is 0.343 e. The molecule has 1 amide bonds. The summed E-state index contributed by atoms with van der Waals surface area (Å²) in [6, 6.07) is 19.1. The maximum atomic E-state index is 12.7. The van der Waals surface area contributed by atoms with E-state index in [4.69, 9.17) is 9.47 Å². The van der Waals surface area contributed by atoms with Crippen LogP contribution in [0.2, 0.25) is 0 Å². The molecule has 4 rings (SSSR count). The molecule has 2 aromatic carbocycles. The third-order valence-electron chi connectivity index (χ3n) is 5.25. The molecule has 0 bridgehead atoms. The van der Waals surface area contributed by atoms with E-state index >= 15 is 0 Å². The number of nitrogens with zero attached hydrogens (tertiary/aromatic N) is 3. The lowest BCUT2D eigenvalue weighted by Crippen LogP contribution is -2.20. The van der Waals surface area contributed by atoms with Crippen LogP contribution >= 0.6 is 0 Å². The Hall–Kier alpha value is -4.20. The highest BCUT2D eigenvalue weighted by atomic mass is 16.5. The predicted octanol–water partition coefficient (Wildman–Crippen LogP) is 4.57. The van der Waals surface area contributed by atoms with Gasteiger partial charge in [0.25, 0.3) is 0 Å². The number of carbonyl (C=O) groups is 2. The summed E-state index contributed by atoms with van der Waals surface area (Å²) in [5, 5.41) is 8.06. The molecule has 0 unspecified atom stereocenters. The molecule has 4 aromatic rings. The molecule has 0 aliphatic rings. The Labute approximate surface area is 197 Å². The van der Waals surface area contributed by atoms with E-state index in [1.807, 2.05) is 54.6 Å². The molecule has 0 radical (unpaired) electrons. The van der Waals surface area contributed by atoms with E-state index in [0.717, 1.165) is 17.3 Å². The number of aryl methyl sites for hydroxylation is 1. The summed E-state index contributed by atoms with van der Waals surface area (Å²) in [5.74, 6) is 0.480. The molecule has 8 nitrogen and oxygen atoms in total. The Bertz CT molecular complexity index is 1300. The number of hydrogen-bond donors (Lipinski definition) is 1. The minimum Gasteiger partial charge on any atom is -0.493 e. The van der Waals surface area contributed by atoms with Crippen molar-refractivity contribution in [2.75, 3.05) is 18.5 Å². The first-order valence-corrected chi connectivity index (χ1v) is 11.2. The number of anilines is 1. The lowest BCUT2D eigenvalue weighted by Gasteiger charge is -2.12. The van der Waals surface area contributed by atoms with Crippen LogP contribution in [0.5, 0.6) is 5.75 Å². The zero-order valence-electron chi connectivity index (χ0n) is 19.2. The smallest absolute Gasteiger partial charge is 0.343 e. The van der Waals surface area contributed by atoms with Gasteiger partial charge < -0.3 is 14.8 Å². The summed E-state index contributed by atoms with van der Waals surface area (Å²) in [4.78, 5) is 29.8. The Morgan fingerprint density at radius 2 is 1.79 bits per heavy atom. The normalized spacial score (nSPS) is 10.8. The Kier molecular flexibility index (Phi) is 7.17. The van der Waals surface area contributed by atoms with Crippen molar-refractivity contribution >= 4 is 28.6 Å². The van der Waals surface area contributed by atoms with Gasteiger partial charge >= 0.3 is 5.97 Å². The number of benzene rings is 2. The molecule has 0 aliphatic carbocycles. The molecule has 0 atom stereocenters. The number of rotatable bonds is 9. The topological polar surface area (TPSA) is 95.3 Å². The summed E-state index contributed by atoms with van der Waals surface area (Å²) in [7, 11) is 0. The van der Waals surface area contributed by atoms with Crippen LogP contribution in [0.1, 0.15) is 36.2 Å². The third kappa shape index (κ3) is 5.23. The molecule has 0 aliphatic heterocycles. The number of pyridine rings is 1. The predicted molar refractivity (Wildman–Crippen MR) is 129 cm³/mol. The fourth-order valence-corrected chi connectivity index (χ4v) is 3.45. The van der Waals surface area contributed by atoms with E-state index in [2.05, 4.69) is 22.3 Å². The van der Waals surface area contributed by atoms with Gasteiger partial charge in [0.15, 0.2) is 11.6 Å². The summed E-state index contributed by atoms with van der Waals surface area (Å²) in [6.07, 6.45) is 2.41. The highest BCUT2D eigenvalue weighted by Crippen LogP contribution is 2.23. The Morgan fingerprint density at radius 1 is 1.00 bits per heavy atom. The molecule has 8 heteroatoms. The Morgan fingerprint density at radius 3 is 2.56 bits per heavy atom. The standard InChI is InChI=1S/C26H26N4O4/c1-3-18-9-12-20(13-10-18)34-16-15-24(31)29-25-21(26(32)33-4-2)17-27-30(25)23-14-11-19-7-5-6-8-22(19)28-23/h5-14,17H,3-4,15-16H2,1-2H3,(H,29,31). The number of aromatic nitrogens is 3. The van der Waals surface area contributed by atoms with E-state index < -0.39 is 5.97 Å². The highest BCUT2D eigenvalue weighted by Gasteiger charge is 2.22.